The summed E-state index contributed by atoms with van der Waals surface area (Å²) in [6.45, 7) is 9.03. The molecule has 0 saturated carbocycles. The second-order valence-corrected chi connectivity index (χ2v) is 6.11. The zero-order chi connectivity index (χ0) is 14.5. The minimum absolute atomic E-state index is 0.163. The van der Waals surface area contributed by atoms with E-state index in [1.54, 1.807) is 0 Å². The van der Waals surface area contributed by atoms with Crippen molar-refractivity contribution < 1.29 is 13.2 Å². The van der Waals surface area contributed by atoms with E-state index in [0.717, 1.165) is 26.1 Å². The van der Waals surface area contributed by atoms with Gasteiger partial charge in [-0.2, -0.15) is 13.2 Å². The molecule has 1 heterocycles. The summed E-state index contributed by atoms with van der Waals surface area (Å²) in [5.74, 6) is -0.480. The Morgan fingerprint density at radius 1 is 1.26 bits per heavy atom. The van der Waals surface area contributed by atoms with Crippen LogP contribution < -0.4 is 5.32 Å². The van der Waals surface area contributed by atoms with Gasteiger partial charge in [-0.15, -0.1) is 0 Å². The summed E-state index contributed by atoms with van der Waals surface area (Å²) in [5.41, 5.74) is 0. The number of nitrogens with zero attached hydrogens (tertiary/aromatic N) is 1. The van der Waals surface area contributed by atoms with Crippen molar-refractivity contribution >= 4 is 0 Å². The fourth-order valence-corrected chi connectivity index (χ4v) is 2.50. The molecule has 1 fully saturated rings. The first-order chi connectivity index (χ1) is 8.80. The zero-order valence-electron chi connectivity index (χ0n) is 12.3. The monoisotopic (exact) mass is 280 g/mol. The van der Waals surface area contributed by atoms with Crippen molar-refractivity contribution in [3.05, 3.63) is 0 Å². The lowest BCUT2D eigenvalue weighted by Crippen LogP contribution is -2.48. The van der Waals surface area contributed by atoms with E-state index in [1.165, 1.54) is 0 Å². The number of hydrogen-bond donors (Lipinski definition) is 1. The van der Waals surface area contributed by atoms with Gasteiger partial charge in [0.1, 0.15) is 0 Å². The van der Waals surface area contributed by atoms with Gasteiger partial charge >= 0.3 is 6.18 Å². The van der Waals surface area contributed by atoms with Crippen molar-refractivity contribution in [2.75, 3.05) is 26.2 Å². The molecule has 0 bridgehead atoms. The molecular formula is C14H27F3N2. The summed E-state index contributed by atoms with van der Waals surface area (Å²) in [7, 11) is 0. The minimum atomic E-state index is -4.04. The van der Waals surface area contributed by atoms with E-state index in [4.69, 9.17) is 0 Å². The van der Waals surface area contributed by atoms with Crippen LogP contribution in [0.1, 0.15) is 40.0 Å². The van der Waals surface area contributed by atoms with Gasteiger partial charge in [0.05, 0.1) is 5.92 Å². The molecule has 2 nitrogen and oxygen atoms in total. The Hall–Kier alpha value is -0.290. The van der Waals surface area contributed by atoms with Gasteiger partial charge in [0.25, 0.3) is 0 Å². The van der Waals surface area contributed by atoms with Crippen molar-refractivity contribution in [3.63, 3.8) is 0 Å². The van der Waals surface area contributed by atoms with Gasteiger partial charge in [-0.3, -0.25) is 4.90 Å². The molecule has 5 heteroatoms. The molecule has 2 atom stereocenters. The Balaban J connectivity index is 2.30. The summed E-state index contributed by atoms with van der Waals surface area (Å²) in [4.78, 5) is 1.98. The van der Waals surface area contributed by atoms with Crippen molar-refractivity contribution in [3.8, 4) is 0 Å². The van der Waals surface area contributed by atoms with Crippen LogP contribution in [-0.2, 0) is 0 Å². The highest BCUT2D eigenvalue weighted by Gasteiger charge is 2.42. The maximum atomic E-state index is 12.7. The maximum Gasteiger partial charge on any atom is 0.393 e. The number of alkyl halides is 3. The summed E-state index contributed by atoms with van der Waals surface area (Å²) in [6.07, 6.45) is -1.99. The normalized spacial score (nSPS) is 23.8. The SMILES string of the molecule is CC(C)CCNCC(C)N1CCCC(C(F)(F)F)C1. The van der Waals surface area contributed by atoms with Gasteiger partial charge in [-0.05, 0) is 45.2 Å². The molecule has 0 radical (unpaired) electrons. The minimum Gasteiger partial charge on any atom is -0.315 e. The average molecular weight is 280 g/mol. The molecule has 0 aliphatic carbocycles. The van der Waals surface area contributed by atoms with Crippen molar-refractivity contribution in [1.29, 1.82) is 0 Å². The fourth-order valence-electron chi connectivity index (χ4n) is 2.50. The highest BCUT2D eigenvalue weighted by atomic mass is 19.4. The van der Waals surface area contributed by atoms with Crippen LogP contribution in [0.3, 0.4) is 0 Å². The second-order valence-electron chi connectivity index (χ2n) is 6.11. The molecule has 0 spiro atoms. The molecular weight excluding hydrogens is 253 g/mol. The van der Waals surface area contributed by atoms with Gasteiger partial charge in [-0.1, -0.05) is 13.8 Å². The average Bonchev–Trinajstić information content (AvgIpc) is 2.33. The molecule has 19 heavy (non-hydrogen) atoms. The molecule has 0 aromatic carbocycles. The zero-order valence-corrected chi connectivity index (χ0v) is 12.3. The van der Waals surface area contributed by atoms with E-state index >= 15 is 0 Å². The van der Waals surface area contributed by atoms with Gasteiger partial charge in [0, 0.05) is 19.1 Å². The lowest BCUT2D eigenvalue weighted by Gasteiger charge is -2.37. The van der Waals surface area contributed by atoms with Gasteiger partial charge < -0.3 is 5.32 Å². The first-order valence-electron chi connectivity index (χ1n) is 7.32. The van der Waals surface area contributed by atoms with Crippen LogP contribution in [0.25, 0.3) is 0 Å². The Bertz CT molecular complexity index is 254. The van der Waals surface area contributed by atoms with E-state index in [-0.39, 0.29) is 19.0 Å². The summed E-state index contributed by atoms with van der Waals surface area (Å²) >= 11 is 0. The predicted molar refractivity (Wildman–Crippen MR) is 72.1 cm³/mol. The first-order valence-corrected chi connectivity index (χ1v) is 7.32. The van der Waals surface area contributed by atoms with Crippen LogP contribution in [0.5, 0.6) is 0 Å². The van der Waals surface area contributed by atoms with E-state index < -0.39 is 12.1 Å². The highest BCUT2D eigenvalue weighted by molar-refractivity contribution is 4.81. The molecule has 1 N–H and O–H groups in total. The first kappa shape index (κ1) is 16.8. The number of hydrogen-bond acceptors (Lipinski definition) is 2. The Labute approximate surface area is 114 Å². The summed E-state index contributed by atoms with van der Waals surface area (Å²) < 4.78 is 38.2. The van der Waals surface area contributed by atoms with Crippen LogP contribution in [0.15, 0.2) is 0 Å². The summed E-state index contributed by atoms with van der Waals surface area (Å²) in [5, 5.41) is 3.34. The molecule has 2 unspecified atom stereocenters. The van der Waals surface area contributed by atoms with Crippen molar-refractivity contribution in [1.82, 2.24) is 10.2 Å². The number of likely N-dealkylation sites (tertiary alicyclic amines) is 1. The quantitative estimate of drug-likeness (QED) is 0.751. The van der Waals surface area contributed by atoms with Crippen molar-refractivity contribution in [2.24, 2.45) is 11.8 Å². The largest absolute Gasteiger partial charge is 0.393 e. The van der Waals surface area contributed by atoms with E-state index in [1.807, 2.05) is 11.8 Å². The smallest absolute Gasteiger partial charge is 0.315 e. The third kappa shape index (κ3) is 6.13. The van der Waals surface area contributed by atoms with Crippen molar-refractivity contribution in [2.45, 2.75) is 52.3 Å². The third-order valence-corrected chi connectivity index (χ3v) is 3.88. The molecule has 0 aromatic rings. The maximum absolute atomic E-state index is 12.7. The Morgan fingerprint density at radius 3 is 2.53 bits per heavy atom. The molecule has 1 saturated heterocycles. The molecule has 114 valence electrons. The summed E-state index contributed by atoms with van der Waals surface area (Å²) in [6, 6.07) is 0.178. The Morgan fingerprint density at radius 2 is 1.95 bits per heavy atom. The standard InChI is InChI=1S/C14H27F3N2/c1-11(2)6-7-18-9-12(3)19-8-4-5-13(10-19)14(15,16)17/h11-13,18H,4-10H2,1-3H3. The third-order valence-electron chi connectivity index (χ3n) is 3.88. The molecule has 1 rings (SSSR count). The van der Waals surface area contributed by atoms with Crippen LogP contribution in [0.4, 0.5) is 13.2 Å². The van der Waals surface area contributed by atoms with Gasteiger partial charge in [0.15, 0.2) is 0 Å². The fraction of sp³-hybridized carbons (Fsp3) is 1.00. The van der Waals surface area contributed by atoms with Crippen LogP contribution in [0, 0.1) is 11.8 Å². The predicted octanol–water partition coefficient (Wildman–Crippen LogP) is 3.28. The second kappa shape index (κ2) is 7.48. The highest BCUT2D eigenvalue weighted by Crippen LogP contribution is 2.33. The van der Waals surface area contributed by atoms with Crippen LogP contribution in [-0.4, -0.2) is 43.3 Å². The molecule has 0 aromatic heterocycles. The molecule has 1 aliphatic heterocycles. The molecule has 1 aliphatic rings. The van der Waals surface area contributed by atoms with Crippen LogP contribution >= 0.6 is 0 Å². The Kier molecular flexibility index (Phi) is 6.60. The number of piperidine rings is 1. The van der Waals surface area contributed by atoms with Gasteiger partial charge in [-0.25, -0.2) is 0 Å². The lowest BCUT2D eigenvalue weighted by molar-refractivity contribution is -0.188. The van der Waals surface area contributed by atoms with Crippen LogP contribution in [0.2, 0.25) is 0 Å². The van der Waals surface area contributed by atoms with E-state index in [9.17, 15) is 13.2 Å². The number of halogens is 3. The van der Waals surface area contributed by atoms with Gasteiger partial charge in [0.2, 0.25) is 0 Å². The number of rotatable bonds is 6. The topological polar surface area (TPSA) is 15.3 Å². The lowest BCUT2D eigenvalue weighted by atomic mass is 9.96. The van der Waals surface area contributed by atoms with E-state index in [2.05, 4.69) is 19.2 Å². The van der Waals surface area contributed by atoms with E-state index in [0.29, 0.717) is 12.3 Å². The molecule has 0 amide bonds. The number of nitrogens with one attached hydrogen (secondary N) is 1.